The molecule has 1 rings (SSSR count). The summed E-state index contributed by atoms with van der Waals surface area (Å²) in [5, 5.41) is 3.68. The first-order chi connectivity index (χ1) is 9.48. The number of benzene rings is 1. The Morgan fingerprint density at radius 1 is 1.00 bits per heavy atom. The highest BCUT2D eigenvalue weighted by molar-refractivity contribution is 5.19. The van der Waals surface area contributed by atoms with Crippen molar-refractivity contribution in [2.45, 2.75) is 59.0 Å². The molecule has 0 aliphatic rings. The quantitative estimate of drug-likeness (QED) is 0.764. The van der Waals surface area contributed by atoms with Gasteiger partial charge in [-0.05, 0) is 52.3 Å². The number of hydrogen-bond acceptors (Lipinski definition) is 2. The Morgan fingerprint density at radius 2 is 1.55 bits per heavy atom. The molecule has 1 atom stereocenters. The van der Waals surface area contributed by atoms with Crippen LogP contribution in [0, 0.1) is 0 Å². The zero-order valence-electron chi connectivity index (χ0n) is 13.9. The Bertz CT molecular complexity index is 347. The molecule has 2 heteroatoms. The first kappa shape index (κ1) is 17.2. The van der Waals surface area contributed by atoms with Crippen molar-refractivity contribution in [2.75, 3.05) is 19.6 Å². The molecule has 0 amide bonds. The van der Waals surface area contributed by atoms with Gasteiger partial charge in [0.05, 0.1) is 0 Å². The van der Waals surface area contributed by atoms with Crippen LogP contribution in [0.15, 0.2) is 30.3 Å². The first-order valence-electron chi connectivity index (χ1n) is 8.02. The molecule has 20 heavy (non-hydrogen) atoms. The average Bonchev–Trinajstić information content (AvgIpc) is 2.39. The van der Waals surface area contributed by atoms with Crippen LogP contribution in [0.3, 0.4) is 0 Å². The molecule has 0 saturated heterocycles. The fourth-order valence-corrected chi connectivity index (χ4v) is 2.53. The van der Waals surface area contributed by atoms with E-state index < -0.39 is 0 Å². The highest BCUT2D eigenvalue weighted by Gasteiger charge is 2.21. The smallest absolute Gasteiger partial charge is 0.0472 e. The molecular formula is C18H32N2. The van der Waals surface area contributed by atoms with Crippen molar-refractivity contribution >= 4 is 0 Å². The summed E-state index contributed by atoms with van der Waals surface area (Å²) in [5.41, 5.74) is 1.59. The van der Waals surface area contributed by atoms with Crippen LogP contribution in [-0.4, -0.2) is 30.1 Å². The minimum Gasteiger partial charge on any atom is -0.310 e. The lowest BCUT2D eigenvalue weighted by Crippen LogP contribution is -2.43. The van der Waals surface area contributed by atoms with E-state index in [0.29, 0.717) is 6.04 Å². The van der Waals surface area contributed by atoms with Gasteiger partial charge in [-0.1, -0.05) is 44.2 Å². The van der Waals surface area contributed by atoms with Crippen molar-refractivity contribution in [3.63, 3.8) is 0 Å². The van der Waals surface area contributed by atoms with Gasteiger partial charge in [-0.3, -0.25) is 4.90 Å². The van der Waals surface area contributed by atoms with Gasteiger partial charge in [-0.15, -0.1) is 0 Å². The molecule has 0 heterocycles. The third-order valence-corrected chi connectivity index (χ3v) is 3.47. The molecule has 0 saturated carbocycles. The maximum atomic E-state index is 3.68. The zero-order chi connectivity index (χ0) is 15.0. The normalized spacial score (nSPS) is 13.7. The fraction of sp³-hybridized carbons (Fsp3) is 0.667. The summed E-state index contributed by atoms with van der Waals surface area (Å²) in [6, 6.07) is 11.4. The van der Waals surface area contributed by atoms with E-state index in [0.717, 1.165) is 6.54 Å². The van der Waals surface area contributed by atoms with E-state index in [1.165, 1.54) is 31.5 Å². The second-order valence-electron chi connectivity index (χ2n) is 6.59. The van der Waals surface area contributed by atoms with Crippen molar-refractivity contribution in [2.24, 2.45) is 0 Å². The molecule has 1 unspecified atom stereocenters. The van der Waals surface area contributed by atoms with E-state index in [4.69, 9.17) is 0 Å². The summed E-state index contributed by atoms with van der Waals surface area (Å²) in [7, 11) is 0. The Kier molecular flexibility index (Phi) is 7.25. The summed E-state index contributed by atoms with van der Waals surface area (Å²) in [4.78, 5) is 2.62. The van der Waals surface area contributed by atoms with Gasteiger partial charge in [0.1, 0.15) is 0 Å². The van der Waals surface area contributed by atoms with Gasteiger partial charge in [0.2, 0.25) is 0 Å². The zero-order valence-corrected chi connectivity index (χ0v) is 13.9. The lowest BCUT2D eigenvalue weighted by molar-refractivity contribution is 0.183. The molecular weight excluding hydrogens is 244 g/mol. The van der Waals surface area contributed by atoms with E-state index in [9.17, 15) is 0 Å². The van der Waals surface area contributed by atoms with Crippen LogP contribution in [0.5, 0.6) is 0 Å². The molecule has 0 spiro atoms. The molecule has 1 aromatic carbocycles. The van der Waals surface area contributed by atoms with Crippen molar-refractivity contribution < 1.29 is 0 Å². The predicted octanol–water partition coefficient (Wildman–Crippen LogP) is 4.24. The van der Waals surface area contributed by atoms with Gasteiger partial charge in [-0.25, -0.2) is 0 Å². The van der Waals surface area contributed by atoms with Gasteiger partial charge in [0.15, 0.2) is 0 Å². The summed E-state index contributed by atoms with van der Waals surface area (Å²) in [6.07, 6.45) is 2.41. The molecule has 0 aliphatic heterocycles. The van der Waals surface area contributed by atoms with Crippen LogP contribution in [0.1, 0.15) is 59.1 Å². The molecule has 0 bridgehead atoms. The molecule has 2 nitrogen and oxygen atoms in total. The number of nitrogens with zero attached hydrogens (tertiary/aromatic N) is 1. The first-order valence-corrected chi connectivity index (χ1v) is 8.02. The number of hydrogen-bond donors (Lipinski definition) is 1. The van der Waals surface area contributed by atoms with Crippen LogP contribution in [-0.2, 0) is 0 Å². The molecule has 0 aromatic heterocycles. The van der Waals surface area contributed by atoms with Crippen LogP contribution >= 0.6 is 0 Å². The average molecular weight is 276 g/mol. The second kappa shape index (κ2) is 8.43. The Hall–Kier alpha value is -0.860. The summed E-state index contributed by atoms with van der Waals surface area (Å²) in [5.74, 6) is 0. The van der Waals surface area contributed by atoms with E-state index in [2.05, 4.69) is 75.2 Å². The van der Waals surface area contributed by atoms with E-state index in [1.807, 2.05) is 0 Å². The highest BCUT2D eigenvalue weighted by atomic mass is 15.2. The molecule has 114 valence electrons. The summed E-state index contributed by atoms with van der Waals surface area (Å²) in [6.45, 7) is 14.6. The van der Waals surface area contributed by atoms with Gasteiger partial charge in [-0.2, -0.15) is 0 Å². The molecule has 1 N–H and O–H groups in total. The van der Waals surface area contributed by atoms with E-state index in [1.54, 1.807) is 0 Å². The van der Waals surface area contributed by atoms with Gasteiger partial charge in [0.25, 0.3) is 0 Å². The highest BCUT2D eigenvalue weighted by Crippen LogP contribution is 2.21. The van der Waals surface area contributed by atoms with Crippen LogP contribution in [0.2, 0.25) is 0 Å². The third kappa shape index (κ3) is 6.06. The second-order valence-corrected chi connectivity index (χ2v) is 6.59. The lowest BCUT2D eigenvalue weighted by Gasteiger charge is -2.34. The lowest BCUT2D eigenvalue weighted by atomic mass is 10.0. The third-order valence-electron chi connectivity index (χ3n) is 3.47. The van der Waals surface area contributed by atoms with Crippen molar-refractivity contribution in [1.82, 2.24) is 10.2 Å². The standard InChI is InChI=1S/C18H32N2/c1-6-13-20(14-7-2)17(15-19-18(3,4)5)16-11-9-8-10-12-16/h8-12,17,19H,6-7,13-15H2,1-5H3. The molecule has 0 aliphatic carbocycles. The number of nitrogens with one attached hydrogen (secondary N) is 1. The maximum Gasteiger partial charge on any atom is 0.0472 e. The topological polar surface area (TPSA) is 15.3 Å². The van der Waals surface area contributed by atoms with E-state index >= 15 is 0 Å². The van der Waals surface area contributed by atoms with Crippen molar-refractivity contribution in [3.8, 4) is 0 Å². The Balaban J connectivity index is 2.87. The van der Waals surface area contributed by atoms with Crippen LogP contribution in [0.4, 0.5) is 0 Å². The minimum atomic E-state index is 0.164. The maximum absolute atomic E-state index is 3.68. The Labute approximate surface area is 125 Å². The summed E-state index contributed by atoms with van der Waals surface area (Å²) < 4.78 is 0. The predicted molar refractivity (Wildman–Crippen MR) is 89.1 cm³/mol. The van der Waals surface area contributed by atoms with Gasteiger partial charge < -0.3 is 5.32 Å². The van der Waals surface area contributed by atoms with E-state index in [-0.39, 0.29) is 5.54 Å². The summed E-state index contributed by atoms with van der Waals surface area (Å²) >= 11 is 0. The van der Waals surface area contributed by atoms with Crippen molar-refractivity contribution in [1.29, 1.82) is 0 Å². The molecule has 0 radical (unpaired) electrons. The largest absolute Gasteiger partial charge is 0.310 e. The van der Waals surface area contributed by atoms with Crippen LogP contribution in [0.25, 0.3) is 0 Å². The van der Waals surface area contributed by atoms with Crippen molar-refractivity contribution in [3.05, 3.63) is 35.9 Å². The van der Waals surface area contributed by atoms with Gasteiger partial charge in [0, 0.05) is 18.1 Å². The van der Waals surface area contributed by atoms with Crippen LogP contribution < -0.4 is 5.32 Å². The minimum absolute atomic E-state index is 0.164. The number of rotatable bonds is 8. The Morgan fingerprint density at radius 3 is 2.00 bits per heavy atom. The molecule has 0 fully saturated rings. The van der Waals surface area contributed by atoms with Gasteiger partial charge >= 0.3 is 0 Å². The fourth-order valence-electron chi connectivity index (χ4n) is 2.53. The monoisotopic (exact) mass is 276 g/mol. The SMILES string of the molecule is CCCN(CCC)C(CNC(C)(C)C)c1ccccc1. The molecule has 1 aromatic rings.